The third-order valence-corrected chi connectivity index (χ3v) is 3.16. The van der Waals surface area contributed by atoms with Crippen molar-refractivity contribution in [2.45, 2.75) is 13.0 Å². The predicted octanol–water partition coefficient (Wildman–Crippen LogP) is 1.86. The maximum atomic E-state index is 11.8. The number of hydrogen-bond acceptors (Lipinski definition) is 3. The largest absolute Gasteiger partial charge is 0.496 e. The summed E-state index contributed by atoms with van der Waals surface area (Å²) < 4.78 is 5.80. The van der Waals surface area contributed by atoms with E-state index in [1.165, 1.54) is 0 Å². The van der Waals surface area contributed by atoms with Gasteiger partial charge in [-0.3, -0.25) is 4.79 Å². The first kappa shape index (κ1) is 13.9. The van der Waals surface area contributed by atoms with Gasteiger partial charge in [-0.15, -0.1) is 0 Å². The number of amides is 1. The molecule has 0 spiro atoms. The van der Waals surface area contributed by atoms with E-state index in [1.807, 2.05) is 0 Å². The molecule has 4 nitrogen and oxygen atoms in total. The number of carbonyl (C=O) groups excluding carboxylic acids is 1. The number of halogens is 1. The second-order valence-corrected chi connectivity index (χ2v) is 4.77. The van der Waals surface area contributed by atoms with Crippen LogP contribution in [0.5, 0.6) is 5.75 Å². The average molecular weight is 317 g/mol. The number of rotatable bonds is 4. The van der Waals surface area contributed by atoms with Crippen molar-refractivity contribution in [2.75, 3.05) is 7.11 Å². The van der Waals surface area contributed by atoms with Gasteiger partial charge in [0, 0.05) is 5.56 Å². The zero-order valence-electron chi connectivity index (χ0n) is 9.49. The molecule has 0 aromatic heterocycles. The maximum Gasteiger partial charge on any atom is 0.251 e. The molecule has 1 aromatic carbocycles. The highest BCUT2D eigenvalue weighted by Crippen LogP contribution is 2.25. The van der Waals surface area contributed by atoms with Gasteiger partial charge in [-0.2, -0.15) is 0 Å². The summed E-state index contributed by atoms with van der Waals surface area (Å²) in [5.41, 5.74) is 5.94. The lowest BCUT2D eigenvalue weighted by Crippen LogP contribution is -2.41. The summed E-state index contributed by atoms with van der Waals surface area (Å²) in [7, 11) is 1.56. The quantitative estimate of drug-likeness (QED) is 0.832. The summed E-state index contributed by atoms with van der Waals surface area (Å²) in [6.07, 6.45) is 0. The Bertz CT molecular complexity index is 451. The van der Waals surface area contributed by atoms with Gasteiger partial charge in [-0.05, 0) is 41.1 Å². The normalized spacial score (nSPS) is 11.7. The SMILES string of the molecule is COc1ccc(C(=O)NC(C)C(N)=S)cc1Br. The number of ether oxygens (including phenoxy) is 1. The van der Waals surface area contributed by atoms with Crippen molar-refractivity contribution in [2.24, 2.45) is 5.73 Å². The van der Waals surface area contributed by atoms with Crippen LogP contribution >= 0.6 is 28.1 Å². The number of benzene rings is 1. The lowest BCUT2D eigenvalue weighted by Gasteiger charge is -2.12. The number of hydrogen-bond donors (Lipinski definition) is 2. The van der Waals surface area contributed by atoms with Crippen LogP contribution in [0.15, 0.2) is 22.7 Å². The minimum atomic E-state index is -0.335. The zero-order valence-corrected chi connectivity index (χ0v) is 11.9. The summed E-state index contributed by atoms with van der Waals surface area (Å²) >= 11 is 8.10. The summed E-state index contributed by atoms with van der Waals surface area (Å²) in [5.74, 6) is 0.442. The van der Waals surface area contributed by atoms with Gasteiger partial charge in [0.15, 0.2) is 0 Å². The Balaban J connectivity index is 2.83. The van der Waals surface area contributed by atoms with E-state index in [-0.39, 0.29) is 16.9 Å². The number of thiocarbonyl (C=S) groups is 1. The van der Waals surface area contributed by atoms with Crippen LogP contribution in [0, 0.1) is 0 Å². The van der Waals surface area contributed by atoms with E-state index < -0.39 is 0 Å². The van der Waals surface area contributed by atoms with Crippen LogP contribution in [0.1, 0.15) is 17.3 Å². The van der Waals surface area contributed by atoms with Gasteiger partial charge in [0.1, 0.15) is 5.75 Å². The Labute approximate surface area is 114 Å². The maximum absolute atomic E-state index is 11.8. The third kappa shape index (κ3) is 3.67. The van der Waals surface area contributed by atoms with Crippen molar-refractivity contribution in [3.8, 4) is 5.75 Å². The topological polar surface area (TPSA) is 64.3 Å². The molecule has 1 rings (SSSR count). The lowest BCUT2D eigenvalue weighted by molar-refractivity contribution is 0.0949. The number of carbonyl (C=O) groups is 1. The number of nitrogens with two attached hydrogens (primary N) is 1. The standard InChI is InChI=1S/C11H13BrN2O2S/c1-6(10(13)17)14-11(15)7-3-4-9(16-2)8(12)5-7/h3-6H,1-2H3,(H2,13,17)(H,14,15). The van der Waals surface area contributed by atoms with Crippen LogP contribution in [0.3, 0.4) is 0 Å². The van der Waals surface area contributed by atoms with Gasteiger partial charge in [-0.1, -0.05) is 12.2 Å². The third-order valence-electron chi connectivity index (χ3n) is 2.19. The molecule has 0 heterocycles. The summed E-state index contributed by atoms with van der Waals surface area (Å²) in [4.78, 5) is 12.1. The molecule has 0 radical (unpaired) electrons. The second kappa shape index (κ2) is 5.97. The van der Waals surface area contributed by atoms with Crippen molar-refractivity contribution >= 4 is 39.0 Å². The van der Waals surface area contributed by atoms with Gasteiger partial charge in [-0.25, -0.2) is 0 Å². The van der Waals surface area contributed by atoms with Crippen LogP contribution in [0.4, 0.5) is 0 Å². The van der Waals surface area contributed by atoms with E-state index >= 15 is 0 Å². The highest BCUT2D eigenvalue weighted by Gasteiger charge is 2.12. The highest BCUT2D eigenvalue weighted by molar-refractivity contribution is 9.10. The Hall–Kier alpha value is -1.14. The van der Waals surface area contributed by atoms with Crippen molar-refractivity contribution in [3.63, 3.8) is 0 Å². The van der Waals surface area contributed by atoms with E-state index in [0.29, 0.717) is 11.3 Å². The van der Waals surface area contributed by atoms with Crippen LogP contribution in [0.2, 0.25) is 0 Å². The van der Waals surface area contributed by atoms with E-state index in [4.69, 9.17) is 22.7 Å². The molecule has 1 aromatic rings. The molecule has 0 saturated heterocycles. The Kier molecular flexibility index (Phi) is 4.89. The van der Waals surface area contributed by atoms with Crippen LogP contribution in [0.25, 0.3) is 0 Å². The Morgan fingerprint density at radius 3 is 2.71 bits per heavy atom. The molecule has 92 valence electrons. The van der Waals surface area contributed by atoms with E-state index in [2.05, 4.69) is 21.2 Å². The van der Waals surface area contributed by atoms with Gasteiger partial charge in [0.05, 0.1) is 22.6 Å². The molecule has 1 amide bonds. The fourth-order valence-corrected chi connectivity index (χ4v) is 1.76. The first-order valence-corrected chi connectivity index (χ1v) is 6.09. The Morgan fingerprint density at radius 2 is 2.24 bits per heavy atom. The van der Waals surface area contributed by atoms with Crippen molar-refractivity contribution in [1.82, 2.24) is 5.32 Å². The van der Waals surface area contributed by atoms with Gasteiger partial charge in [0.25, 0.3) is 5.91 Å². The van der Waals surface area contributed by atoms with Crippen LogP contribution in [-0.4, -0.2) is 24.0 Å². The van der Waals surface area contributed by atoms with Gasteiger partial charge < -0.3 is 15.8 Å². The molecule has 0 aliphatic heterocycles. The molecule has 0 fully saturated rings. The molecule has 0 saturated carbocycles. The van der Waals surface area contributed by atoms with Gasteiger partial charge >= 0.3 is 0 Å². The number of nitrogens with one attached hydrogen (secondary N) is 1. The first-order valence-electron chi connectivity index (χ1n) is 4.89. The minimum absolute atomic E-state index is 0.228. The molecule has 1 atom stereocenters. The second-order valence-electron chi connectivity index (χ2n) is 3.45. The molecule has 0 bridgehead atoms. The monoisotopic (exact) mass is 316 g/mol. The van der Waals surface area contributed by atoms with Crippen LogP contribution < -0.4 is 15.8 Å². The smallest absolute Gasteiger partial charge is 0.251 e. The fourth-order valence-electron chi connectivity index (χ4n) is 1.16. The fraction of sp³-hybridized carbons (Fsp3) is 0.273. The molecule has 1 unspecified atom stereocenters. The zero-order chi connectivity index (χ0) is 13.0. The molecule has 0 aliphatic rings. The molecule has 6 heteroatoms. The lowest BCUT2D eigenvalue weighted by atomic mass is 10.2. The summed E-state index contributed by atoms with van der Waals surface area (Å²) in [6, 6.07) is 4.73. The first-order chi connectivity index (χ1) is 7.95. The van der Waals surface area contributed by atoms with E-state index in [0.717, 1.165) is 4.47 Å². The minimum Gasteiger partial charge on any atom is -0.496 e. The van der Waals surface area contributed by atoms with Crippen molar-refractivity contribution < 1.29 is 9.53 Å². The van der Waals surface area contributed by atoms with E-state index in [1.54, 1.807) is 32.2 Å². The summed E-state index contributed by atoms with van der Waals surface area (Å²) in [6.45, 7) is 1.73. The molecule has 3 N–H and O–H groups in total. The van der Waals surface area contributed by atoms with Crippen molar-refractivity contribution in [1.29, 1.82) is 0 Å². The van der Waals surface area contributed by atoms with Gasteiger partial charge in [0.2, 0.25) is 0 Å². The number of methoxy groups -OCH3 is 1. The Morgan fingerprint density at radius 1 is 1.59 bits per heavy atom. The summed E-state index contributed by atoms with van der Waals surface area (Å²) in [5, 5.41) is 2.69. The molecule has 17 heavy (non-hydrogen) atoms. The predicted molar refractivity (Wildman–Crippen MR) is 74.4 cm³/mol. The average Bonchev–Trinajstić information content (AvgIpc) is 2.28. The molecule has 0 aliphatic carbocycles. The van der Waals surface area contributed by atoms with Crippen LogP contribution in [-0.2, 0) is 0 Å². The van der Waals surface area contributed by atoms with Crippen molar-refractivity contribution in [3.05, 3.63) is 28.2 Å². The van der Waals surface area contributed by atoms with E-state index in [9.17, 15) is 4.79 Å². The highest BCUT2D eigenvalue weighted by atomic mass is 79.9. The molecular formula is C11H13BrN2O2S. The molecular weight excluding hydrogens is 304 g/mol.